The molecule has 0 bridgehead atoms. The van der Waals surface area contributed by atoms with Crippen molar-refractivity contribution in [2.45, 2.75) is 20.0 Å². The van der Waals surface area contributed by atoms with E-state index in [0.717, 1.165) is 21.7 Å². The summed E-state index contributed by atoms with van der Waals surface area (Å²) in [6, 6.07) is 19.5. The van der Waals surface area contributed by atoms with Gasteiger partial charge in [0.1, 0.15) is 5.75 Å². The Hall–Kier alpha value is -2.59. The third-order valence-corrected chi connectivity index (χ3v) is 4.55. The highest BCUT2D eigenvalue weighted by Crippen LogP contribution is 2.31. The van der Waals surface area contributed by atoms with Crippen LogP contribution in [-0.4, -0.2) is 12.0 Å². The molecule has 2 aromatic carbocycles. The molecule has 0 spiro atoms. The predicted octanol–water partition coefficient (Wildman–Crippen LogP) is 5.13. The number of benzene rings is 2. The highest BCUT2D eigenvalue weighted by atomic mass is 32.1. The molecular formula is C20H19NO2S. The molecule has 24 heavy (non-hydrogen) atoms. The van der Waals surface area contributed by atoms with E-state index >= 15 is 0 Å². The molecule has 1 atom stereocenters. The van der Waals surface area contributed by atoms with Gasteiger partial charge in [0.25, 0.3) is 5.91 Å². The summed E-state index contributed by atoms with van der Waals surface area (Å²) in [5.41, 5.74) is 2.91. The van der Waals surface area contributed by atoms with Gasteiger partial charge in [-0.2, -0.15) is 0 Å². The molecule has 1 aromatic heterocycles. The van der Waals surface area contributed by atoms with Crippen molar-refractivity contribution >= 4 is 22.9 Å². The van der Waals surface area contributed by atoms with Crippen LogP contribution in [0.3, 0.4) is 0 Å². The topological polar surface area (TPSA) is 38.3 Å². The Morgan fingerprint density at radius 2 is 1.92 bits per heavy atom. The Bertz CT molecular complexity index is 827. The standard InChI is InChI=1S/C20H19NO2S/c1-14-7-5-8-16(13-14)23-15(2)20(22)21-18-10-4-3-9-17(18)19-11-6-12-24-19/h3-13,15H,1-2H3,(H,21,22). The average Bonchev–Trinajstić information content (AvgIpc) is 3.09. The number of ether oxygens (including phenoxy) is 1. The molecule has 1 heterocycles. The fourth-order valence-electron chi connectivity index (χ4n) is 2.42. The van der Waals surface area contributed by atoms with Crippen molar-refractivity contribution in [1.82, 2.24) is 0 Å². The van der Waals surface area contributed by atoms with E-state index in [2.05, 4.69) is 5.32 Å². The summed E-state index contributed by atoms with van der Waals surface area (Å²) in [6.07, 6.45) is -0.580. The number of carbonyl (C=O) groups excluding carboxylic acids is 1. The molecule has 3 nitrogen and oxygen atoms in total. The van der Waals surface area contributed by atoms with Gasteiger partial charge in [0, 0.05) is 16.1 Å². The molecule has 1 N–H and O–H groups in total. The van der Waals surface area contributed by atoms with Crippen molar-refractivity contribution in [3.8, 4) is 16.2 Å². The third-order valence-electron chi connectivity index (χ3n) is 3.64. The van der Waals surface area contributed by atoms with Gasteiger partial charge in [-0.15, -0.1) is 11.3 Å². The molecule has 0 aliphatic heterocycles. The van der Waals surface area contributed by atoms with E-state index in [1.807, 2.05) is 73.0 Å². The molecule has 0 saturated carbocycles. The van der Waals surface area contributed by atoms with Gasteiger partial charge in [-0.05, 0) is 49.1 Å². The summed E-state index contributed by atoms with van der Waals surface area (Å²) in [6.45, 7) is 3.75. The Morgan fingerprint density at radius 3 is 2.67 bits per heavy atom. The largest absolute Gasteiger partial charge is 0.481 e. The molecule has 0 radical (unpaired) electrons. The SMILES string of the molecule is Cc1cccc(OC(C)C(=O)Nc2ccccc2-c2cccs2)c1. The van der Waals surface area contributed by atoms with Gasteiger partial charge in [0.05, 0.1) is 0 Å². The fraction of sp³-hybridized carbons (Fsp3) is 0.150. The van der Waals surface area contributed by atoms with E-state index in [0.29, 0.717) is 5.75 Å². The van der Waals surface area contributed by atoms with Crippen molar-refractivity contribution in [3.63, 3.8) is 0 Å². The molecule has 3 rings (SSSR count). The maximum absolute atomic E-state index is 12.5. The highest BCUT2D eigenvalue weighted by molar-refractivity contribution is 7.13. The number of nitrogens with one attached hydrogen (secondary N) is 1. The molecule has 1 unspecified atom stereocenters. The van der Waals surface area contributed by atoms with E-state index in [1.165, 1.54) is 0 Å². The lowest BCUT2D eigenvalue weighted by Crippen LogP contribution is -2.30. The second kappa shape index (κ2) is 7.32. The second-order valence-corrected chi connectivity index (χ2v) is 6.54. The van der Waals surface area contributed by atoms with Crippen LogP contribution in [0.15, 0.2) is 66.0 Å². The number of hydrogen-bond acceptors (Lipinski definition) is 3. The Kier molecular flexibility index (Phi) is 4.96. The first-order chi connectivity index (χ1) is 11.6. The molecule has 0 aliphatic carbocycles. The van der Waals surface area contributed by atoms with Crippen LogP contribution in [0.2, 0.25) is 0 Å². The van der Waals surface area contributed by atoms with E-state index < -0.39 is 6.10 Å². The number of thiophene rings is 1. The van der Waals surface area contributed by atoms with Crippen LogP contribution >= 0.6 is 11.3 Å². The van der Waals surface area contributed by atoms with Crippen molar-refractivity contribution < 1.29 is 9.53 Å². The van der Waals surface area contributed by atoms with Gasteiger partial charge in [0.2, 0.25) is 0 Å². The number of rotatable bonds is 5. The summed E-state index contributed by atoms with van der Waals surface area (Å²) in [4.78, 5) is 13.6. The lowest BCUT2D eigenvalue weighted by atomic mass is 10.1. The Morgan fingerprint density at radius 1 is 1.08 bits per heavy atom. The Balaban J connectivity index is 1.73. The summed E-state index contributed by atoms with van der Waals surface area (Å²) >= 11 is 1.65. The van der Waals surface area contributed by atoms with E-state index in [1.54, 1.807) is 18.3 Å². The van der Waals surface area contributed by atoms with E-state index in [9.17, 15) is 4.79 Å². The molecule has 0 aliphatic rings. The maximum atomic E-state index is 12.5. The lowest BCUT2D eigenvalue weighted by molar-refractivity contribution is -0.122. The summed E-state index contributed by atoms with van der Waals surface area (Å²) < 4.78 is 5.75. The zero-order valence-corrected chi connectivity index (χ0v) is 14.5. The monoisotopic (exact) mass is 337 g/mol. The minimum absolute atomic E-state index is 0.166. The van der Waals surface area contributed by atoms with Crippen LogP contribution in [0.25, 0.3) is 10.4 Å². The number of carbonyl (C=O) groups is 1. The third kappa shape index (κ3) is 3.84. The van der Waals surface area contributed by atoms with Crippen molar-refractivity contribution in [2.75, 3.05) is 5.32 Å². The zero-order valence-electron chi connectivity index (χ0n) is 13.7. The van der Waals surface area contributed by atoms with E-state index in [-0.39, 0.29) is 5.91 Å². The first kappa shape index (κ1) is 16.3. The number of amides is 1. The number of aryl methyl sites for hydroxylation is 1. The van der Waals surface area contributed by atoms with Gasteiger partial charge < -0.3 is 10.1 Å². The smallest absolute Gasteiger partial charge is 0.265 e. The fourth-order valence-corrected chi connectivity index (χ4v) is 3.19. The molecular weight excluding hydrogens is 318 g/mol. The maximum Gasteiger partial charge on any atom is 0.265 e. The van der Waals surface area contributed by atoms with E-state index in [4.69, 9.17) is 4.74 Å². The molecule has 0 saturated heterocycles. The van der Waals surface area contributed by atoms with Crippen LogP contribution in [-0.2, 0) is 4.79 Å². The normalized spacial score (nSPS) is 11.8. The predicted molar refractivity (Wildman–Crippen MR) is 99.7 cm³/mol. The van der Waals surface area contributed by atoms with Gasteiger partial charge in [-0.1, -0.05) is 36.4 Å². The molecule has 1 amide bonds. The van der Waals surface area contributed by atoms with Gasteiger partial charge in [-0.25, -0.2) is 0 Å². The minimum Gasteiger partial charge on any atom is -0.481 e. The van der Waals surface area contributed by atoms with Gasteiger partial charge >= 0.3 is 0 Å². The highest BCUT2D eigenvalue weighted by Gasteiger charge is 2.17. The van der Waals surface area contributed by atoms with Crippen molar-refractivity contribution in [3.05, 3.63) is 71.6 Å². The molecule has 4 heteroatoms. The summed E-state index contributed by atoms with van der Waals surface area (Å²) in [5, 5.41) is 5.00. The second-order valence-electron chi connectivity index (χ2n) is 5.59. The molecule has 3 aromatic rings. The van der Waals surface area contributed by atoms with Crippen molar-refractivity contribution in [1.29, 1.82) is 0 Å². The summed E-state index contributed by atoms with van der Waals surface area (Å²) in [5.74, 6) is 0.532. The molecule has 122 valence electrons. The van der Waals surface area contributed by atoms with Crippen LogP contribution in [0.5, 0.6) is 5.75 Å². The van der Waals surface area contributed by atoms with Gasteiger partial charge in [0.15, 0.2) is 6.10 Å². The number of para-hydroxylation sites is 1. The quantitative estimate of drug-likeness (QED) is 0.701. The van der Waals surface area contributed by atoms with Gasteiger partial charge in [-0.3, -0.25) is 4.79 Å². The number of hydrogen-bond donors (Lipinski definition) is 1. The zero-order chi connectivity index (χ0) is 16.9. The van der Waals surface area contributed by atoms with Crippen LogP contribution in [0.1, 0.15) is 12.5 Å². The van der Waals surface area contributed by atoms with Crippen LogP contribution in [0, 0.1) is 6.92 Å². The van der Waals surface area contributed by atoms with Crippen LogP contribution in [0.4, 0.5) is 5.69 Å². The first-order valence-corrected chi connectivity index (χ1v) is 8.68. The lowest BCUT2D eigenvalue weighted by Gasteiger charge is -2.16. The average molecular weight is 337 g/mol. The molecule has 0 fully saturated rings. The first-order valence-electron chi connectivity index (χ1n) is 7.80. The number of anilines is 1. The van der Waals surface area contributed by atoms with Crippen LogP contribution < -0.4 is 10.1 Å². The minimum atomic E-state index is -0.580. The summed E-state index contributed by atoms with van der Waals surface area (Å²) in [7, 11) is 0. The van der Waals surface area contributed by atoms with Crippen molar-refractivity contribution in [2.24, 2.45) is 0 Å². The Labute approximate surface area is 145 Å².